The van der Waals surface area contributed by atoms with Crippen molar-refractivity contribution in [2.24, 2.45) is 0 Å². The molecule has 1 aliphatic heterocycles. The molecule has 0 aromatic heterocycles. The summed E-state index contributed by atoms with van der Waals surface area (Å²) in [5, 5.41) is 11.8. The van der Waals surface area contributed by atoms with E-state index in [2.05, 4.69) is 5.32 Å². The summed E-state index contributed by atoms with van der Waals surface area (Å²) in [6.07, 6.45) is -0.693. The van der Waals surface area contributed by atoms with E-state index in [-0.39, 0.29) is 6.42 Å². The number of ether oxygens (including phenoxy) is 1. The lowest BCUT2D eigenvalue weighted by atomic mass is 9.99. The summed E-state index contributed by atoms with van der Waals surface area (Å²) in [6.45, 7) is 5.75. The van der Waals surface area contributed by atoms with Crippen molar-refractivity contribution in [1.29, 1.82) is 5.26 Å². The van der Waals surface area contributed by atoms with Crippen LogP contribution in [0.2, 0.25) is 0 Å². The van der Waals surface area contributed by atoms with Gasteiger partial charge in [-0.15, -0.1) is 4.31 Å². The maximum Gasteiger partial charge on any atom is 0.408 e. The van der Waals surface area contributed by atoms with Crippen LogP contribution >= 0.6 is 0 Å². The second-order valence-corrected chi connectivity index (χ2v) is 9.76. The lowest BCUT2D eigenvalue weighted by molar-refractivity contribution is 0.0515. The van der Waals surface area contributed by atoms with Gasteiger partial charge in [-0.05, 0) is 61.7 Å². The molecule has 0 saturated heterocycles. The van der Waals surface area contributed by atoms with Crippen molar-refractivity contribution in [3.05, 3.63) is 53.3 Å². The number of hydrogen-bond acceptors (Lipinski definition) is 5. The number of alkyl carbamates (subject to hydrolysis) is 1. The van der Waals surface area contributed by atoms with Crippen molar-refractivity contribution < 1.29 is 18.5 Å². The largest absolute Gasteiger partial charge is 0.593 e. The van der Waals surface area contributed by atoms with Crippen LogP contribution in [0.5, 0.6) is 0 Å². The fourth-order valence-corrected chi connectivity index (χ4v) is 4.33. The number of carbonyl (C=O) groups is 1. The highest BCUT2D eigenvalue weighted by Crippen LogP contribution is 2.33. The maximum atomic E-state index is 14.7. The van der Waals surface area contributed by atoms with Gasteiger partial charge in [0, 0.05) is 19.0 Å². The van der Waals surface area contributed by atoms with Gasteiger partial charge in [-0.25, -0.2) is 9.18 Å². The summed E-state index contributed by atoms with van der Waals surface area (Å²) in [5.41, 5.74) is 2.12. The summed E-state index contributed by atoms with van der Waals surface area (Å²) in [5.74, 6) is -0.458. The van der Waals surface area contributed by atoms with Crippen molar-refractivity contribution in [2.45, 2.75) is 50.3 Å². The number of amides is 1. The van der Waals surface area contributed by atoms with Gasteiger partial charge in [0.1, 0.15) is 17.5 Å². The summed E-state index contributed by atoms with van der Waals surface area (Å²) < 4.78 is 33.8. The second kappa shape index (κ2) is 8.64. The Labute approximate surface area is 179 Å². The SMILES string of the molecule is CN1Cc2cc(-c3ccc(C[C@@H](C#N)NC(=O)OC(C)(C)C)c(F)c3)ccc2[S+]1[O-]. The van der Waals surface area contributed by atoms with Crippen molar-refractivity contribution in [2.75, 3.05) is 7.05 Å². The number of halogens is 1. The average Bonchev–Trinajstić information content (AvgIpc) is 2.94. The third kappa shape index (κ3) is 5.11. The molecular weight excluding hydrogens is 405 g/mol. The highest BCUT2D eigenvalue weighted by Gasteiger charge is 2.31. The maximum absolute atomic E-state index is 14.7. The van der Waals surface area contributed by atoms with Crippen LogP contribution < -0.4 is 5.32 Å². The van der Waals surface area contributed by atoms with Gasteiger partial charge in [0.2, 0.25) is 0 Å². The lowest BCUT2D eigenvalue weighted by Crippen LogP contribution is -2.39. The standard InChI is InChI=1S/C22H24FN3O3S/c1-22(2,3)29-21(27)25-18(12-24)10-16-6-5-15(11-19(16)23)14-7-8-20-17(9-14)13-26(4)30(20)28/h5-9,11,18H,10,13H2,1-4H3,(H,25,27)/t18-,30?/m0/s1. The Morgan fingerprint density at radius 3 is 2.63 bits per heavy atom. The number of fused-ring (bicyclic) bond motifs is 1. The van der Waals surface area contributed by atoms with E-state index in [0.717, 1.165) is 16.0 Å². The summed E-state index contributed by atoms with van der Waals surface area (Å²) in [6, 6.07) is 11.4. The molecule has 0 bridgehead atoms. The second-order valence-electron chi connectivity index (χ2n) is 8.20. The Bertz CT molecular complexity index is 1000. The molecule has 2 aromatic rings. The minimum atomic E-state index is -1.15. The molecule has 2 aromatic carbocycles. The molecule has 1 heterocycles. The van der Waals surface area contributed by atoms with Crippen LogP contribution in [0.1, 0.15) is 31.9 Å². The predicted molar refractivity (Wildman–Crippen MR) is 112 cm³/mol. The van der Waals surface area contributed by atoms with Gasteiger partial charge in [-0.1, -0.05) is 12.1 Å². The molecule has 6 nitrogen and oxygen atoms in total. The van der Waals surface area contributed by atoms with Gasteiger partial charge in [0.25, 0.3) is 0 Å². The lowest BCUT2D eigenvalue weighted by Gasteiger charge is -2.21. The van der Waals surface area contributed by atoms with E-state index in [1.54, 1.807) is 44.3 Å². The van der Waals surface area contributed by atoms with Gasteiger partial charge >= 0.3 is 6.09 Å². The number of rotatable bonds is 4. The molecule has 1 aliphatic rings. The van der Waals surface area contributed by atoms with E-state index < -0.39 is 34.9 Å². The Kier molecular flexibility index (Phi) is 6.36. The molecule has 1 amide bonds. The van der Waals surface area contributed by atoms with E-state index in [1.807, 2.05) is 24.3 Å². The molecule has 8 heteroatoms. The molecule has 3 rings (SSSR count). The highest BCUT2D eigenvalue weighted by atomic mass is 32.2. The Morgan fingerprint density at radius 2 is 2.00 bits per heavy atom. The van der Waals surface area contributed by atoms with Crippen LogP contribution in [0.15, 0.2) is 41.3 Å². The number of nitrogens with zero attached hydrogens (tertiary/aromatic N) is 2. The predicted octanol–water partition coefficient (Wildman–Crippen LogP) is 3.92. The van der Waals surface area contributed by atoms with Crippen LogP contribution in [0.25, 0.3) is 11.1 Å². The summed E-state index contributed by atoms with van der Waals surface area (Å²) in [7, 11) is 1.79. The van der Waals surface area contributed by atoms with E-state index in [4.69, 9.17) is 4.74 Å². The van der Waals surface area contributed by atoms with Crippen molar-refractivity contribution >= 4 is 17.5 Å². The van der Waals surface area contributed by atoms with Gasteiger partial charge in [0.15, 0.2) is 4.90 Å². The molecule has 1 N–H and O–H groups in total. The monoisotopic (exact) mass is 429 g/mol. The normalized spacial score (nSPS) is 17.2. The van der Waals surface area contributed by atoms with E-state index in [0.29, 0.717) is 17.7 Å². The fraction of sp³-hybridized carbons (Fsp3) is 0.364. The Morgan fingerprint density at radius 1 is 1.33 bits per heavy atom. The third-order valence-electron chi connectivity index (χ3n) is 4.58. The quantitative estimate of drug-likeness (QED) is 0.744. The molecule has 2 atom stereocenters. The first-order valence-electron chi connectivity index (χ1n) is 9.51. The van der Waals surface area contributed by atoms with Gasteiger partial charge in [0.05, 0.1) is 24.0 Å². The van der Waals surface area contributed by atoms with Crippen LogP contribution in [0.4, 0.5) is 9.18 Å². The first kappa shape index (κ1) is 22.1. The number of nitrogens with one attached hydrogen (secondary N) is 1. The van der Waals surface area contributed by atoms with E-state index >= 15 is 0 Å². The molecule has 0 saturated carbocycles. The van der Waals surface area contributed by atoms with Crippen molar-refractivity contribution in [1.82, 2.24) is 9.62 Å². The minimum Gasteiger partial charge on any atom is -0.593 e. The highest BCUT2D eigenvalue weighted by molar-refractivity contribution is 7.89. The number of carbonyl (C=O) groups excluding carboxylic acids is 1. The van der Waals surface area contributed by atoms with Gasteiger partial charge in [-0.2, -0.15) is 5.26 Å². The smallest absolute Gasteiger partial charge is 0.408 e. The zero-order valence-electron chi connectivity index (χ0n) is 17.4. The Balaban J connectivity index is 1.73. The Hall–Kier alpha value is -2.60. The first-order valence-corrected chi connectivity index (χ1v) is 10.6. The molecule has 30 heavy (non-hydrogen) atoms. The molecular formula is C22H24FN3O3S. The molecule has 0 aliphatic carbocycles. The van der Waals surface area contributed by atoms with Crippen LogP contribution in [0.3, 0.4) is 0 Å². The molecule has 1 unspecified atom stereocenters. The molecule has 0 spiro atoms. The molecule has 158 valence electrons. The molecule has 0 fully saturated rings. The van der Waals surface area contributed by atoms with Crippen LogP contribution in [-0.2, 0) is 29.1 Å². The van der Waals surface area contributed by atoms with Crippen molar-refractivity contribution in [3.8, 4) is 17.2 Å². The minimum absolute atomic E-state index is 0.0236. The zero-order valence-corrected chi connectivity index (χ0v) is 18.2. The number of hydrogen-bond donors (Lipinski definition) is 1. The topological polar surface area (TPSA) is 88.4 Å². The first-order chi connectivity index (χ1) is 14.1. The van der Waals surface area contributed by atoms with Gasteiger partial charge < -0.3 is 14.6 Å². The van der Waals surface area contributed by atoms with E-state index in [1.165, 1.54) is 6.07 Å². The fourth-order valence-electron chi connectivity index (χ4n) is 3.21. The number of benzene rings is 2. The van der Waals surface area contributed by atoms with Crippen LogP contribution in [0, 0.1) is 17.1 Å². The molecule has 0 radical (unpaired) electrons. The van der Waals surface area contributed by atoms with Gasteiger partial charge in [-0.3, -0.25) is 0 Å². The van der Waals surface area contributed by atoms with Crippen LogP contribution in [-0.4, -0.2) is 33.6 Å². The summed E-state index contributed by atoms with van der Waals surface area (Å²) >= 11 is -1.15. The zero-order chi connectivity index (χ0) is 22.1. The third-order valence-corrected chi connectivity index (χ3v) is 6.05. The van der Waals surface area contributed by atoms with E-state index in [9.17, 15) is 19.0 Å². The van der Waals surface area contributed by atoms with Crippen molar-refractivity contribution in [3.63, 3.8) is 0 Å². The number of nitriles is 1. The summed E-state index contributed by atoms with van der Waals surface area (Å²) in [4.78, 5) is 12.7. The average molecular weight is 430 g/mol.